The molecule has 0 radical (unpaired) electrons. The van der Waals surface area contributed by atoms with E-state index < -0.39 is 10.5 Å². The fourth-order valence-electron chi connectivity index (χ4n) is 3.57. The Morgan fingerprint density at radius 1 is 1.18 bits per heavy atom. The van der Waals surface area contributed by atoms with Crippen LogP contribution < -0.4 is 5.56 Å². The Hall–Kier alpha value is -3.26. The number of carbonyl (C=O) groups is 1. The molecule has 0 fully saturated rings. The maximum atomic E-state index is 13.1. The molecule has 28 heavy (non-hydrogen) atoms. The van der Waals surface area contributed by atoms with Gasteiger partial charge in [-0.3, -0.25) is 24.3 Å². The van der Waals surface area contributed by atoms with E-state index in [0.717, 1.165) is 40.4 Å². The van der Waals surface area contributed by atoms with Crippen molar-refractivity contribution in [3.8, 4) is 0 Å². The number of nitrogens with zero attached hydrogens (tertiary/aromatic N) is 3. The van der Waals surface area contributed by atoms with Crippen LogP contribution in [0.5, 0.6) is 0 Å². The highest BCUT2D eigenvalue weighted by Crippen LogP contribution is 2.37. The van der Waals surface area contributed by atoms with Gasteiger partial charge in [0.25, 0.3) is 11.2 Å². The predicted molar refractivity (Wildman–Crippen MR) is 105 cm³/mol. The van der Waals surface area contributed by atoms with E-state index in [4.69, 9.17) is 0 Å². The molecule has 2 aromatic heterocycles. The fraction of sp³-hybridized carbons (Fsp3) is 0.200. The van der Waals surface area contributed by atoms with Crippen molar-refractivity contribution in [3.63, 3.8) is 0 Å². The summed E-state index contributed by atoms with van der Waals surface area (Å²) in [6, 6.07) is 13.8. The van der Waals surface area contributed by atoms with Crippen LogP contribution in [0.4, 0.5) is 5.69 Å². The fourth-order valence-corrected chi connectivity index (χ4v) is 4.47. The molecule has 3 heterocycles. The second-order valence-corrected chi connectivity index (χ2v) is 7.56. The first-order valence-corrected chi connectivity index (χ1v) is 9.68. The number of amides is 1. The summed E-state index contributed by atoms with van der Waals surface area (Å²) in [4.78, 5) is 38.6. The minimum Gasteiger partial charge on any atom is -0.330 e. The normalized spacial score (nSPS) is 15.9. The molecule has 0 spiro atoms. The van der Waals surface area contributed by atoms with Gasteiger partial charge >= 0.3 is 0 Å². The molecule has 1 aliphatic rings. The number of carbonyl (C=O) groups excluding carboxylic acids is 1. The van der Waals surface area contributed by atoms with E-state index in [1.54, 1.807) is 16.2 Å². The van der Waals surface area contributed by atoms with E-state index in [1.165, 1.54) is 4.88 Å². The summed E-state index contributed by atoms with van der Waals surface area (Å²) in [6.07, 6.45) is 1.88. The molecule has 8 heteroatoms. The zero-order valence-corrected chi connectivity index (χ0v) is 15.7. The zero-order chi connectivity index (χ0) is 19.7. The van der Waals surface area contributed by atoms with Crippen LogP contribution in [0.25, 0.3) is 0 Å². The maximum absolute atomic E-state index is 13.1. The molecule has 1 aromatic carbocycles. The molecular formula is C20H17N3O4S. The predicted octanol–water partition coefficient (Wildman–Crippen LogP) is 2.99. The van der Waals surface area contributed by atoms with Gasteiger partial charge in [-0.1, -0.05) is 30.3 Å². The number of hydrogen-bond acceptors (Lipinski definition) is 5. The summed E-state index contributed by atoms with van der Waals surface area (Å²) in [5, 5.41) is 13.0. The standard InChI is InChI=1S/C20H17N3O4S/c24-18-7-6-15(23(26)27)12-21(18)13-19(25)22-10-8-17-16(9-11-28-17)20(22)14-4-2-1-3-5-14/h1-7,9,11-12,20H,8,10,13H2. The first-order chi connectivity index (χ1) is 13.5. The molecule has 142 valence electrons. The number of pyridine rings is 1. The van der Waals surface area contributed by atoms with Gasteiger partial charge in [0.15, 0.2) is 0 Å². The minimum atomic E-state index is -0.578. The van der Waals surface area contributed by atoms with E-state index in [2.05, 4.69) is 0 Å². The number of nitro groups is 1. The molecule has 7 nitrogen and oxygen atoms in total. The van der Waals surface area contributed by atoms with Crippen molar-refractivity contribution < 1.29 is 9.72 Å². The molecule has 4 rings (SSSR count). The molecule has 0 aliphatic carbocycles. The number of fused-ring (bicyclic) bond motifs is 1. The molecular weight excluding hydrogens is 378 g/mol. The Morgan fingerprint density at radius 3 is 2.71 bits per heavy atom. The molecule has 0 bridgehead atoms. The van der Waals surface area contributed by atoms with Gasteiger partial charge < -0.3 is 4.90 Å². The Bertz CT molecular complexity index is 1090. The van der Waals surface area contributed by atoms with Gasteiger partial charge in [0.05, 0.1) is 17.2 Å². The number of thiophene rings is 1. The topological polar surface area (TPSA) is 85.5 Å². The van der Waals surface area contributed by atoms with Crippen molar-refractivity contribution in [1.82, 2.24) is 9.47 Å². The molecule has 1 aliphatic heterocycles. The Morgan fingerprint density at radius 2 is 1.96 bits per heavy atom. The van der Waals surface area contributed by atoms with Crippen LogP contribution in [-0.4, -0.2) is 26.8 Å². The summed E-state index contributed by atoms with van der Waals surface area (Å²) in [7, 11) is 0. The van der Waals surface area contributed by atoms with Crippen molar-refractivity contribution in [3.05, 3.63) is 96.6 Å². The lowest BCUT2D eigenvalue weighted by Crippen LogP contribution is -2.42. The number of rotatable bonds is 4. The molecule has 3 aromatic rings. The van der Waals surface area contributed by atoms with E-state index in [9.17, 15) is 19.7 Å². The van der Waals surface area contributed by atoms with Gasteiger partial charge in [-0.15, -0.1) is 11.3 Å². The lowest BCUT2D eigenvalue weighted by atomic mass is 9.93. The second kappa shape index (κ2) is 7.40. The zero-order valence-electron chi connectivity index (χ0n) is 14.9. The maximum Gasteiger partial charge on any atom is 0.285 e. The van der Waals surface area contributed by atoms with Crippen molar-refractivity contribution >= 4 is 22.9 Å². The number of hydrogen-bond donors (Lipinski definition) is 0. The molecule has 1 atom stereocenters. The number of benzene rings is 1. The molecule has 1 amide bonds. The van der Waals surface area contributed by atoms with Gasteiger partial charge in [0.2, 0.25) is 5.91 Å². The van der Waals surface area contributed by atoms with Gasteiger partial charge in [-0.2, -0.15) is 0 Å². The Kier molecular flexibility index (Phi) is 4.79. The van der Waals surface area contributed by atoms with Crippen molar-refractivity contribution in [2.45, 2.75) is 19.0 Å². The van der Waals surface area contributed by atoms with Crippen LogP contribution in [0.1, 0.15) is 22.0 Å². The smallest absolute Gasteiger partial charge is 0.285 e. The van der Waals surface area contributed by atoms with Gasteiger partial charge in [0, 0.05) is 23.6 Å². The third-order valence-corrected chi connectivity index (χ3v) is 5.88. The van der Waals surface area contributed by atoms with E-state index >= 15 is 0 Å². The molecule has 0 saturated carbocycles. The summed E-state index contributed by atoms with van der Waals surface area (Å²) in [5.41, 5.74) is 1.44. The average Bonchev–Trinajstić information content (AvgIpc) is 3.18. The van der Waals surface area contributed by atoms with Crippen LogP contribution in [0.3, 0.4) is 0 Å². The first kappa shape index (κ1) is 18.1. The first-order valence-electron chi connectivity index (χ1n) is 8.80. The SMILES string of the molecule is O=C(Cn1cc([N+](=O)[O-])ccc1=O)N1CCc2sccc2C1c1ccccc1. The van der Waals surface area contributed by atoms with Gasteiger partial charge in [-0.25, -0.2) is 0 Å². The third-order valence-electron chi connectivity index (χ3n) is 4.89. The Balaban J connectivity index is 1.68. The minimum absolute atomic E-state index is 0.217. The molecule has 0 N–H and O–H groups in total. The Labute approximate surface area is 164 Å². The highest BCUT2D eigenvalue weighted by molar-refractivity contribution is 7.10. The van der Waals surface area contributed by atoms with E-state index in [0.29, 0.717) is 6.54 Å². The quantitative estimate of drug-likeness (QED) is 0.502. The lowest BCUT2D eigenvalue weighted by molar-refractivity contribution is -0.385. The number of aromatic nitrogens is 1. The highest BCUT2D eigenvalue weighted by atomic mass is 32.1. The van der Waals surface area contributed by atoms with Gasteiger partial charge in [0.1, 0.15) is 6.54 Å². The third kappa shape index (κ3) is 3.34. The van der Waals surface area contributed by atoms with Crippen molar-refractivity contribution in [1.29, 1.82) is 0 Å². The van der Waals surface area contributed by atoms with Gasteiger partial charge in [-0.05, 0) is 29.0 Å². The van der Waals surface area contributed by atoms with Crippen LogP contribution >= 0.6 is 11.3 Å². The van der Waals surface area contributed by atoms with Crippen LogP contribution in [0.2, 0.25) is 0 Å². The highest BCUT2D eigenvalue weighted by Gasteiger charge is 2.32. The summed E-state index contributed by atoms with van der Waals surface area (Å²) in [6.45, 7) is 0.304. The van der Waals surface area contributed by atoms with Crippen LogP contribution in [-0.2, 0) is 17.8 Å². The van der Waals surface area contributed by atoms with Crippen LogP contribution in [0, 0.1) is 10.1 Å². The monoisotopic (exact) mass is 395 g/mol. The molecule has 1 unspecified atom stereocenters. The van der Waals surface area contributed by atoms with E-state index in [1.807, 2.05) is 41.8 Å². The summed E-state index contributed by atoms with van der Waals surface area (Å²) < 4.78 is 1.10. The van der Waals surface area contributed by atoms with Crippen molar-refractivity contribution in [2.24, 2.45) is 0 Å². The van der Waals surface area contributed by atoms with E-state index in [-0.39, 0.29) is 24.2 Å². The largest absolute Gasteiger partial charge is 0.330 e. The second-order valence-electron chi connectivity index (χ2n) is 6.56. The summed E-state index contributed by atoms with van der Waals surface area (Å²) in [5.74, 6) is -0.242. The molecule has 0 saturated heterocycles. The van der Waals surface area contributed by atoms with Crippen LogP contribution in [0.15, 0.2) is 64.9 Å². The average molecular weight is 395 g/mol. The summed E-state index contributed by atoms with van der Waals surface area (Å²) >= 11 is 1.68. The van der Waals surface area contributed by atoms with Crippen molar-refractivity contribution in [2.75, 3.05) is 6.54 Å². The lowest BCUT2D eigenvalue weighted by Gasteiger charge is -2.36.